The van der Waals surface area contributed by atoms with Gasteiger partial charge in [-0.05, 0) is 24.3 Å². The third-order valence-electron chi connectivity index (χ3n) is 5.61. The van der Waals surface area contributed by atoms with Crippen molar-refractivity contribution in [1.82, 2.24) is 0 Å². The fraction of sp³-hybridized carbons (Fsp3) is 0.308. The van der Waals surface area contributed by atoms with Gasteiger partial charge in [-0.2, -0.15) is 0 Å². The average molecular weight is 544 g/mol. The Labute approximate surface area is 220 Å². The van der Waals surface area contributed by atoms with E-state index >= 15 is 0 Å². The number of hydrogen-bond donors (Lipinski definition) is 3. The molecule has 1 aromatic heterocycles. The zero-order valence-corrected chi connectivity index (χ0v) is 20.9. The number of phenols is 3. The molecule has 3 N–H and O–H groups in total. The molecule has 2 aromatic carbocycles. The Morgan fingerprint density at radius 2 is 1.46 bits per heavy atom. The number of carbonyl (C=O) groups excluding carboxylic acids is 3. The molecule has 4 rings (SSSR count). The van der Waals surface area contributed by atoms with Crippen LogP contribution in [-0.4, -0.2) is 64.4 Å². The van der Waals surface area contributed by atoms with E-state index in [9.17, 15) is 34.5 Å². The highest BCUT2D eigenvalue weighted by atomic mass is 16.7. The summed E-state index contributed by atoms with van der Waals surface area (Å²) in [5.41, 5.74) is -0.679. The maximum Gasteiger partial charge on any atom is 0.303 e. The molecule has 0 bridgehead atoms. The molecule has 3 aromatic rings. The first-order chi connectivity index (χ1) is 18.4. The van der Waals surface area contributed by atoms with Crippen molar-refractivity contribution in [2.75, 3.05) is 6.61 Å². The van der Waals surface area contributed by atoms with Crippen LogP contribution in [0.15, 0.2) is 45.6 Å². The lowest BCUT2D eigenvalue weighted by Gasteiger charge is -2.40. The minimum atomic E-state index is -1.56. The third kappa shape index (κ3) is 5.88. The average Bonchev–Trinajstić information content (AvgIpc) is 2.83. The van der Waals surface area contributed by atoms with E-state index in [0.29, 0.717) is 5.56 Å². The number of aromatic hydroxyl groups is 3. The van der Waals surface area contributed by atoms with Crippen LogP contribution in [0.4, 0.5) is 0 Å². The van der Waals surface area contributed by atoms with Crippen LogP contribution < -0.4 is 10.2 Å². The largest absolute Gasteiger partial charge is 0.508 e. The summed E-state index contributed by atoms with van der Waals surface area (Å²) >= 11 is 0. The van der Waals surface area contributed by atoms with E-state index in [1.165, 1.54) is 24.3 Å². The van der Waals surface area contributed by atoms with Gasteiger partial charge in [0.1, 0.15) is 22.6 Å². The Hall–Kier alpha value is -4.78. The number of ether oxygens (including phenoxy) is 5. The van der Waals surface area contributed by atoms with Crippen LogP contribution in [0, 0.1) is 0 Å². The maximum atomic E-state index is 12.9. The van der Waals surface area contributed by atoms with Crippen LogP contribution in [0.1, 0.15) is 20.8 Å². The normalized spacial score (nSPS) is 20.7. The van der Waals surface area contributed by atoms with E-state index in [2.05, 4.69) is 0 Å². The summed E-state index contributed by atoms with van der Waals surface area (Å²) in [6.07, 6.45) is -5.59. The summed E-state index contributed by atoms with van der Waals surface area (Å²) in [5, 5.41) is 30.3. The fourth-order valence-corrected chi connectivity index (χ4v) is 4.09. The summed E-state index contributed by atoms with van der Waals surface area (Å²) in [7, 11) is 0. The Morgan fingerprint density at radius 1 is 0.846 bits per heavy atom. The van der Waals surface area contributed by atoms with E-state index in [1.807, 2.05) is 0 Å². The van der Waals surface area contributed by atoms with Gasteiger partial charge in [0.15, 0.2) is 29.0 Å². The molecule has 1 aliphatic rings. The van der Waals surface area contributed by atoms with Crippen LogP contribution in [0.25, 0.3) is 22.3 Å². The number of esters is 3. The van der Waals surface area contributed by atoms with E-state index in [0.717, 1.165) is 32.9 Å². The number of phenolic OH excluding ortho intramolecular Hbond substituents is 3. The lowest BCUT2D eigenvalue weighted by Crippen LogP contribution is -2.59. The molecule has 0 amide bonds. The van der Waals surface area contributed by atoms with Crippen LogP contribution >= 0.6 is 0 Å². The molecule has 1 aliphatic heterocycles. The van der Waals surface area contributed by atoms with Gasteiger partial charge in [-0.1, -0.05) is 0 Å². The Balaban J connectivity index is 1.81. The summed E-state index contributed by atoms with van der Waals surface area (Å²) < 4.78 is 33.0. The van der Waals surface area contributed by atoms with Gasteiger partial charge in [-0.15, -0.1) is 0 Å². The van der Waals surface area contributed by atoms with Gasteiger partial charge in [0.05, 0.1) is 6.61 Å². The highest BCUT2D eigenvalue weighted by molar-refractivity contribution is 5.91. The van der Waals surface area contributed by atoms with Crippen molar-refractivity contribution in [3.63, 3.8) is 0 Å². The molecule has 39 heavy (non-hydrogen) atoms. The quantitative estimate of drug-likeness (QED) is 0.303. The number of fused-ring (bicyclic) bond motifs is 1. The van der Waals surface area contributed by atoms with E-state index in [1.54, 1.807) is 0 Å². The molecule has 206 valence electrons. The summed E-state index contributed by atoms with van der Waals surface area (Å²) in [4.78, 5) is 48.3. The van der Waals surface area contributed by atoms with Crippen molar-refractivity contribution in [3.05, 3.63) is 46.6 Å². The summed E-state index contributed by atoms with van der Waals surface area (Å²) in [6, 6.07) is 7.64. The van der Waals surface area contributed by atoms with Crippen LogP contribution in [0.5, 0.6) is 23.0 Å². The number of benzene rings is 2. The van der Waals surface area contributed by atoms with Crippen molar-refractivity contribution >= 4 is 28.9 Å². The second-order valence-electron chi connectivity index (χ2n) is 8.59. The molecule has 0 saturated carbocycles. The topological polar surface area (TPSA) is 188 Å². The van der Waals surface area contributed by atoms with Crippen LogP contribution in [0.3, 0.4) is 0 Å². The van der Waals surface area contributed by atoms with Gasteiger partial charge in [-0.3, -0.25) is 19.2 Å². The number of carbonyl (C=O) groups is 3. The van der Waals surface area contributed by atoms with Gasteiger partial charge in [0.25, 0.3) is 0 Å². The molecule has 4 unspecified atom stereocenters. The zero-order chi connectivity index (χ0) is 28.4. The first-order valence-corrected chi connectivity index (χ1v) is 11.6. The highest BCUT2D eigenvalue weighted by Crippen LogP contribution is 2.42. The first-order valence-electron chi connectivity index (χ1n) is 11.6. The van der Waals surface area contributed by atoms with Crippen LogP contribution in [0.2, 0.25) is 0 Å². The second kappa shape index (κ2) is 10.9. The van der Waals surface area contributed by atoms with Gasteiger partial charge in [0.2, 0.25) is 18.1 Å². The summed E-state index contributed by atoms with van der Waals surface area (Å²) in [6.45, 7) is 2.94. The van der Waals surface area contributed by atoms with Crippen molar-refractivity contribution in [1.29, 1.82) is 0 Å². The minimum absolute atomic E-state index is 0.0103. The molecule has 4 atom stereocenters. The van der Waals surface area contributed by atoms with E-state index in [4.69, 9.17) is 28.1 Å². The molecule has 0 spiro atoms. The molecule has 13 heteroatoms. The molecule has 13 nitrogen and oxygen atoms in total. The van der Waals surface area contributed by atoms with Crippen LogP contribution in [-0.2, 0) is 33.3 Å². The second-order valence-corrected chi connectivity index (χ2v) is 8.59. The van der Waals surface area contributed by atoms with E-state index in [-0.39, 0.29) is 29.1 Å². The molecule has 0 radical (unpaired) electrons. The van der Waals surface area contributed by atoms with Gasteiger partial charge >= 0.3 is 17.9 Å². The summed E-state index contributed by atoms with van der Waals surface area (Å²) in [5.74, 6) is -4.06. The van der Waals surface area contributed by atoms with Crippen molar-refractivity contribution in [2.24, 2.45) is 0 Å². The molecular weight excluding hydrogens is 520 g/mol. The van der Waals surface area contributed by atoms with Crippen molar-refractivity contribution < 1.29 is 57.8 Å². The Kier molecular flexibility index (Phi) is 7.63. The van der Waals surface area contributed by atoms with Gasteiger partial charge < -0.3 is 43.4 Å². The zero-order valence-electron chi connectivity index (χ0n) is 20.9. The third-order valence-corrected chi connectivity index (χ3v) is 5.61. The van der Waals surface area contributed by atoms with Crippen molar-refractivity contribution in [3.8, 4) is 34.3 Å². The van der Waals surface area contributed by atoms with E-state index < -0.39 is 65.2 Å². The van der Waals surface area contributed by atoms with Crippen molar-refractivity contribution in [2.45, 2.75) is 45.4 Å². The smallest absolute Gasteiger partial charge is 0.303 e. The molecule has 1 fully saturated rings. The molecule has 2 heterocycles. The monoisotopic (exact) mass is 544 g/mol. The Bertz CT molecular complexity index is 1470. The maximum absolute atomic E-state index is 12.9. The predicted molar refractivity (Wildman–Crippen MR) is 130 cm³/mol. The highest BCUT2D eigenvalue weighted by Gasteiger charge is 2.48. The first kappa shape index (κ1) is 27.3. The molecule has 1 saturated heterocycles. The SMILES string of the molecule is CC(=O)OC1COC(Oc2c(O)cc(O)c3c(=O)cc(-c4ccc(O)cc4)oc23)C(OC(C)=O)C1OC(C)=O. The fourth-order valence-electron chi connectivity index (χ4n) is 4.09. The predicted octanol–water partition coefficient (Wildman–Crippen LogP) is 2.11. The standard InChI is InChI=1S/C26H24O13/c1-11(27)35-20-10-34-26(25(37-13(3)29)23(20)36-12(2)28)39-22-18(33)8-16(31)21-17(32)9-19(38-24(21)22)14-4-6-15(30)7-5-14/h4-9,20,23,25-26,30-31,33H,10H2,1-3H3. The van der Waals surface area contributed by atoms with Gasteiger partial charge in [-0.25, -0.2) is 0 Å². The van der Waals surface area contributed by atoms with Gasteiger partial charge in [0, 0.05) is 38.5 Å². The molecule has 0 aliphatic carbocycles. The number of rotatable bonds is 6. The Morgan fingerprint density at radius 3 is 2.08 bits per heavy atom. The lowest BCUT2D eigenvalue weighted by atomic mass is 10.0. The lowest BCUT2D eigenvalue weighted by molar-refractivity contribution is -0.259. The molecular formula is C26H24O13. The minimum Gasteiger partial charge on any atom is -0.508 e. The number of hydrogen-bond acceptors (Lipinski definition) is 13.